The van der Waals surface area contributed by atoms with Gasteiger partial charge in [0.2, 0.25) is 0 Å². The van der Waals surface area contributed by atoms with Crippen molar-refractivity contribution in [1.29, 1.82) is 0 Å². The maximum atomic E-state index is 8.33. The second-order valence-corrected chi connectivity index (χ2v) is 1.33. The van der Waals surface area contributed by atoms with Crippen LogP contribution >= 0.6 is 0 Å². The van der Waals surface area contributed by atoms with Crippen LogP contribution < -0.4 is 148 Å². The average Bonchev–Trinajstić information content (AvgIpc) is 1.66. The number of carbonyl (C=O) groups is 1. The summed E-state index contributed by atoms with van der Waals surface area (Å²) in [6.07, 6.45) is -0.295. The monoisotopic (exact) mass is 400 g/mol. The van der Waals surface area contributed by atoms with Crippen LogP contribution in [0.15, 0.2) is 0 Å². The maximum Gasteiger partial charge on any atom is 1.00 e. The van der Waals surface area contributed by atoms with Crippen molar-refractivity contribution in [1.82, 2.24) is 0 Å². The molecule has 0 aromatic rings. The first-order chi connectivity index (χ1) is 4.15. The van der Waals surface area contributed by atoms with Crippen LogP contribution in [0.2, 0.25) is 0 Å². The number of hydrogen-bond acceptors (Lipinski definition) is 4. The van der Waals surface area contributed by atoms with Gasteiger partial charge < -0.3 is 20.1 Å². The van der Waals surface area contributed by atoms with Gasteiger partial charge in [-0.05, 0) is 12.6 Å². The van der Waals surface area contributed by atoms with Crippen molar-refractivity contribution >= 4 is 6.16 Å². The predicted octanol–water partition coefficient (Wildman–Crippen LogP) is -7.66. The number of unbranched alkanes of at least 4 members (excludes halogenated alkanes) is 1. The molecule has 6 heteroatoms. The van der Waals surface area contributed by atoms with Crippen LogP contribution in [0.3, 0.4) is 0 Å². The van der Waals surface area contributed by atoms with Crippen molar-refractivity contribution in [2.75, 3.05) is 6.61 Å². The summed E-state index contributed by atoms with van der Waals surface area (Å²) in [7, 11) is 0. The summed E-state index contributed by atoms with van der Waals surface area (Å²) in [6, 6.07) is 0. The molecule has 0 aliphatic carbocycles. The molecule has 0 spiro atoms. The first-order valence-corrected chi connectivity index (χ1v) is 2.64. The number of aliphatic hydroxyl groups is 1. The van der Waals surface area contributed by atoms with Gasteiger partial charge in [-0.25, -0.2) is 0 Å². The molecule has 0 aliphatic rings. The zero-order valence-electron chi connectivity index (χ0n) is 7.29. The van der Waals surface area contributed by atoms with Gasteiger partial charge in [0.1, 0.15) is 0 Å². The van der Waals surface area contributed by atoms with E-state index in [1.807, 2.05) is 0 Å². The van der Waals surface area contributed by atoms with Gasteiger partial charge in [-0.1, -0.05) is 13.3 Å². The third-order valence-corrected chi connectivity index (χ3v) is 0.512. The molecule has 0 heterocycles. The molecule has 56 valence electrons. The molecular formula is C5H10Cs2O4. The maximum absolute atomic E-state index is 8.33. The van der Waals surface area contributed by atoms with Gasteiger partial charge in [0.25, 0.3) is 0 Å². The molecule has 0 aliphatic heterocycles. The Kier molecular flexibility index (Phi) is 50.5. The minimum atomic E-state index is -2.33. The van der Waals surface area contributed by atoms with Gasteiger partial charge in [0.15, 0.2) is 0 Å². The van der Waals surface area contributed by atoms with Gasteiger partial charge in [-0.2, -0.15) is 0 Å². The standard InChI is InChI=1S/C4H10O.CH2O3.2Cs/c1-2-3-4-5;2-1(3)4;;/h5H,2-4H2,1H3;(H2,2,3,4);;/q;;2*+1/p-2. The Morgan fingerprint density at radius 2 is 1.64 bits per heavy atom. The molecule has 0 aromatic carbocycles. The molecule has 0 amide bonds. The van der Waals surface area contributed by atoms with Crippen LogP contribution in [-0.4, -0.2) is 17.9 Å². The van der Waals surface area contributed by atoms with Crippen molar-refractivity contribution in [3.63, 3.8) is 0 Å². The van der Waals surface area contributed by atoms with E-state index >= 15 is 0 Å². The Balaban J connectivity index is -0.0000000383. The van der Waals surface area contributed by atoms with Crippen LogP contribution in [0.25, 0.3) is 0 Å². The molecule has 0 rings (SSSR count). The Labute approximate surface area is 184 Å². The molecule has 4 nitrogen and oxygen atoms in total. The first-order valence-electron chi connectivity index (χ1n) is 2.64. The Hall–Kier alpha value is 3.33. The van der Waals surface area contributed by atoms with E-state index in [0.717, 1.165) is 12.8 Å². The molecular weight excluding hydrogens is 390 g/mol. The summed E-state index contributed by atoms with van der Waals surface area (Å²) in [4.78, 5) is 8.33. The number of aliphatic hydroxyl groups excluding tert-OH is 1. The average molecular weight is 400 g/mol. The summed E-state index contributed by atoms with van der Waals surface area (Å²) in [5, 5.41) is 24.7. The van der Waals surface area contributed by atoms with Crippen LogP contribution in [-0.2, 0) is 0 Å². The topological polar surface area (TPSA) is 83.4 Å². The summed E-state index contributed by atoms with van der Waals surface area (Å²) in [5.41, 5.74) is 0. The third-order valence-electron chi connectivity index (χ3n) is 0.512. The van der Waals surface area contributed by atoms with E-state index in [1.165, 1.54) is 0 Å². The Bertz CT molecular complexity index is 63.5. The molecule has 0 saturated heterocycles. The third kappa shape index (κ3) is 60.2. The SMILES string of the molecule is CCCCO.O=C([O-])[O-].[Cs+].[Cs+]. The molecule has 0 unspecified atom stereocenters. The largest absolute Gasteiger partial charge is 1.00 e. The smallest absolute Gasteiger partial charge is 0.652 e. The molecule has 0 saturated carbocycles. The van der Waals surface area contributed by atoms with Gasteiger partial charge >= 0.3 is 138 Å². The van der Waals surface area contributed by atoms with Crippen molar-refractivity contribution in [3.05, 3.63) is 0 Å². The summed E-state index contributed by atoms with van der Waals surface area (Å²) in [5.74, 6) is 0. The first kappa shape index (κ1) is 23.9. The Morgan fingerprint density at radius 1 is 1.36 bits per heavy atom. The van der Waals surface area contributed by atoms with Gasteiger partial charge in [0, 0.05) is 6.61 Å². The van der Waals surface area contributed by atoms with Crippen LogP contribution in [0.1, 0.15) is 19.8 Å². The number of carbonyl (C=O) groups excluding carboxylic acids is 1. The van der Waals surface area contributed by atoms with Crippen LogP contribution in [0, 0.1) is 0 Å². The second kappa shape index (κ2) is 23.3. The minimum Gasteiger partial charge on any atom is -0.652 e. The van der Waals surface area contributed by atoms with Gasteiger partial charge in [-0.3, -0.25) is 0 Å². The molecule has 11 heavy (non-hydrogen) atoms. The van der Waals surface area contributed by atoms with Gasteiger partial charge in [0.05, 0.1) is 0 Å². The quantitative estimate of drug-likeness (QED) is 0.500. The fourth-order valence-corrected chi connectivity index (χ4v) is 0.158. The molecule has 1 N–H and O–H groups in total. The molecule has 0 aromatic heterocycles. The minimum absolute atomic E-state index is 0. The van der Waals surface area contributed by atoms with Crippen molar-refractivity contribution in [3.8, 4) is 0 Å². The Morgan fingerprint density at radius 3 is 1.64 bits per heavy atom. The number of rotatable bonds is 2. The van der Waals surface area contributed by atoms with E-state index in [0.29, 0.717) is 6.61 Å². The zero-order valence-corrected chi connectivity index (χ0v) is 19.9. The molecule has 0 radical (unpaired) electrons. The second-order valence-electron chi connectivity index (χ2n) is 1.33. The summed E-state index contributed by atoms with van der Waals surface area (Å²) >= 11 is 0. The predicted molar refractivity (Wildman–Crippen MR) is 27.4 cm³/mol. The van der Waals surface area contributed by atoms with E-state index < -0.39 is 6.16 Å². The number of hydrogen-bond donors (Lipinski definition) is 1. The van der Waals surface area contributed by atoms with E-state index in [-0.39, 0.29) is 138 Å². The van der Waals surface area contributed by atoms with E-state index in [4.69, 9.17) is 20.1 Å². The van der Waals surface area contributed by atoms with E-state index in [9.17, 15) is 0 Å². The van der Waals surface area contributed by atoms with E-state index in [2.05, 4.69) is 6.92 Å². The van der Waals surface area contributed by atoms with Crippen LogP contribution in [0.4, 0.5) is 4.79 Å². The summed E-state index contributed by atoms with van der Waals surface area (Å²) < 4.78 is 0. The van der Waals surface area contributed by atoms with E-state index in [1.54, 1.807) is 0 Å². The molecule has 0 fully saturated rings. The summed E-state index contributed by atoms with van der Waals surface area (Å²) in [6.45, 7) is 2.40. The normalized spacial score (nSPS) is 6.00. The van der Waals surface area contributed by atoms with Crippen LogP contribution in [0.5, 0.6) is 0 Å². The van der Waals surface area contributed by atoms with Crippen molar-refractivity contribution in [2.24, 2.45) is 0 Å². The van der Waals surface area contributed by atoms with Gasteiger partial charge in [-0.15, -0.1) is 0 Å². The van der Waals surface area contributed by atoms with Crippen molar-refractivity contribution < 1.29 is 158 Å². The molecule has 0 bridgehead atoms. The zero-order chi connectivity index (χ0) is 7.70. The van der Waals surface area contributed by atoms with Crippen molar-refractivity contribution in [2.45, 2.75) is 19.8 Å². The fraction of sp³-hybridized carbons (Fsp3) is 0.800. The fourth-order valence-electron chi connectivity index (χ4n) is 0.158. The number of carboxylic acid groups (broad SMARTS) is 2. The molecule has 0 atom stereocenters.